The lowest BCUT2D eigenvalue weighted by molar-refractivity contribution is -0.161. The molecule has 0 saturated carbocycles. The number of carbonyl (C=O) groups excluding carboxylic acids is 1. The Labute approximate surface area is 162 Å². The molecule has 2 rings (SSSR count). The van der Waals surface area contributed by atoms with Gasteiger partial charge in [0.25, 0.3) is 0 Å². The zero-order valence-corrected chi connectivity index (χ0v) is 17.0. The van der Waals surface area contributed by atoms with Gasteiger partial charge < -0.3 is 14.8 Å². The second kappa shape index (κ2) is 9.45. The fourth-order valence-electron chi connectivity index (χ4n) is 3.06. The number of hydrogen-bond donors (Lipinski definition) is 1. The lowest BCUT2D eigenvalue weighted by atomic mass is 9.80. The van der Waals surface area contributed by atoms with Gasteiger partial charge >= 0.3 is 5.97 Å². The summed E-state index contributed by atoms with van der Waals surface area (Å²) in [5, 5.41) is 3.52. The minimum atomic E-state index is -0.746. The van der Waals surface area contributed by atoms with E-state index in [1.165, 1.54) is 0 Å². The average molecular weight is 370 g/mol. The first-order valence-corrected chi connectivity index (χ1v) is 9.59. The molecule has 0 amide bonds. The molecule has 0 aliphatic carbocycles. The number of esters is 1. The monoisotopic (exact) mass is 369 g/mol. The van der Waals surface area contributed by atoms with Crippen LogP contribution in [-0.4, -0.2) is 19.2 Å². The predicted molar refractivity (Wildman–Crippen MR) is 110 cm³/mol. The van der Waals surface area contributed by atoms with Crippen LogP contribution in [0.2, 0.25) is 0 Å². The molecular weight excluding hydrogens is 338 g/mol. The van der Waals surface area contributed by atoms with E-state index in [9.17, 15) is 4.79 Å². The van der Waals surface area contributed by atoms with Crippen molar-refractivity contribution in [2.45, 2.75) is 52.7 Å². The lowest BCUT2D eigenvalue weighted by Crippen LogP contribution is -2.39. The van der Waals surface area contributed by atoms with Crippen LogP contribution in [0.15, 0.2) is 54.6 Å². The van der Waals surface area contributed by atoms with Gasteiger partial charge in [-0.25, -0.2) is 0 Å². The minimum Gasteiger partial charge on any atom is -0.497 e. The van der Waals surface area contributed by atoms with Crippen molar-refractivity contribution in [3.63, 3.8) is 0 Å². The largest absolute Gasteiger partial charge is 0.497 e. The van der Waals surface area contributed by atoms with Crippen molar-refractivity contribution >= 4 is 11.7 Å². The van der Waals surface area contributed by atoms with Gasteiger partial charge in [-0.05, 0) is 56.5 Å². The van der Waals surface area contributed by atoms with Crippen molar-refractivity contribution < 1.29 is 14.3 Å². The van der Waals surface area contributed by atoms with Crippen LogP contribution in [0.5, 0.6) is 5.75 Å². The third kappa shape index (κ3) is 5.25. The van der Waals surface area contributed by atoms with Crippen molar-refractivity contribution in [1.29, 1.82) is 0 Å². The van der Waals surface area contributed by atoms with E-state index in [0.717, 1.165) is 29.8 Å². The maximum absolute atomic E-state index is 13.0. The van der Waals surface area contributed by atoms with Gasteiger partial charge in [0.1, 0.15) is 11.9 Å². The zero-order valence-electron chi connectivity index (χ0n) is 17.0. The number of ether oxygens (including phenoxy) is 2. The molecule has 27 heavy (non-hydrogen) atoms. The van der Waals surface area contributed by atoms with E-state index in [4.69, 9.17) is 9.47 Å². The van der Waals surface area contributed by atoms with E-state index in [1.807, 2.05) is 82.3 Å². The van der Waals surface area contributed by atoms with Crippen molar-refractivity contribution in [2.75, 3.05) is 12.4 Å². The van der Waals surface area contributed by atoms with E-state index >= 15 is 0 Å². The molecule has 0 aliphatic rings. The maximum atomic E-state index is 13.0. The molecule has 0 bridgehead atoms. The molecule has 0 radical (unpaired) electrons. The van der Waals surface area contributed by atoms with Crippen molar-refractivity contribution in [3.8, 4) is 5.75 Å². The van der Waals surface area contributed by atoms with Crippen LogP contribution in [0.25, 0.3) is 0 Å². The Hall–Kier alpha value is -2.49. The fraction of sp³-hybridized carbons (Fsp3) is 0.435. The van der Waals surface area contributed by atoms with Gasteiger partial charge in [-0.3, -0.25) is 4.79 Å². The van der Waals surface area contributed by atoms with Crippen LogP contribution in [0.4, 0.5) is 5.69 Å². The van der Waals surface area contributed by atoms with Crippen LogP contribution in [0, 0.1) is 5.41 Å². The third-order valence-corrected chi connectivity index (χ3v) is 4.97. The highest BCUT2D eigenvalue weighted by Gasteiger charge is 2.40. The molecule has 4 heteroatoms. The van der Waals surface area contributed by atoms with Gasteiger partial charge in [0.05, 0.1) is 18.6 Å². The molecule has 0 spiro atoms. The summed E-state index contributed by atoms with van der Waals surface area (Å²) in [7, 11) is 1.65. The van der Waals surface area contributed by atoms with Crippen molar-refractivity contribution in [1.82, 2.24) is 0 Å². The highest BCUT2D eigenvalue weighted by Crippen LogP contribution is 2.38. The molecule has 0 aromatic heterocycles. The van der Waals surface area contributed by atoms with E-state index in [-0.39, 0.29) is 18.1 Å². The molecule has 0 aliphatic heterocycles. The Morgan fingerprint density at radius 1 is 1.00 bits per heavy atom. The molecule has 2 aromatic carbocycles. The number of benzene rings is 2. The first-order valence-electron chi connectivity index (χ1n) is 9.59. The number of anilines is 1. The fourth-order valence-corrected chi connectivity index (χ4v) is 3.06. The average Bonchev–Trinajstić information content (AvgIpc) is 2.70. The van der Waals surface area contributed by atoms with Gasteiger partial charge in [-0.2, -0.15) is 0 Å². The summed E-state index contributed by atoms with van der Waals surface area (Å²) in [5.41, 5.74) is 1.22. The first kappa shape index (κ1) is 20.8. The topological polar surface area (TPSA) is 47.6 Å². The van der Waals surface area contributed by atoms with Gasteiger partial charge in [-0.15, -0.1) is 0 Å². The number of methoxy groups -OCH3 is 1. The Morgan fingerprint density at radius 2 is 1.59 bits per heavy atom. The molecule has 0 unspecified atom stereocenters. The van der Waals surface area contributed by atoms with Crippen LogP contribution in [0.1, 0.15) is 52.1 Å². The van der Waals surface area contributed by atoms with Crippen LogP contribution < -0.4 is 10.1 Å². The second-order valence-corrected chi connectivity index (χ2v) is 7.28. The smallest absolute Gasteiger partial charge is 0.314 e. The van der Waals surface area contributed by atoms with Gasteiger partial charge in [0.2, 0.25) is 0 Å². The predicted octanol–water partition coefficient (Wildman–Crippen LogP) is 5.61. The van der Waals surface area contributed by atoms with E-state index in [1.54, 1.807) is 7.11 Å². The zero-order chi connectivity index (χ0) is 19.9. The molecule has 1 atom stereocenters. The maximum Gasteiger partial charge on any atom is 0.314 e. The van der Waals surface area contributed by atoms with Crippen molar-refractivity contribution in [2.24, 2.45) is 5.41 Å². The highest BCUT2D eigenvalue weighted by molar-refractivity contribution is 5.78. The van der Waals surface area contributed by atoms with Gasteiger partial charge in [-0.1, -0.05) is 44.2 Å². The normalized spacial score (nSPS) is 12.5. The summed E-state index contributed by atoms with van der Waals surface area (Å²) in [6, 6.07) is 17.5. The molecule has 2 aromatic rings. The molecule has 0 saturated heterocycles. The summed E-state index contributed by atoms with van der Waals surface area (Å²) < 4.78 is 11.0. The molecule has 0 heterocycles. The van der Waals surface area contributed by atoms with E-state index < -0.39 is 5.41 Å². The second-order valence-electron chi connectivity index (χ2n) is 7.28. The number of carbonyl (C=O) groups is 1. The van der Waals surface area contributed by atoms with Crippen molar-refractivity contribution in [3.05, 3.63) is 60.2 Å². The third-order valence-electron chi connectivity index (χ3n) is 4.97. The standard InChI is InChI=1S/C23H31NO3/c1-6-19(7-2)27-22(25)23(3,4)21(17-11-9-8-10-12-17)24-18-13-15-20(26-5)16-14-18/h8-16,19,21,24H,6-7H2,1-5H3/t21-/m1/s1. The lowest BCUT2D eigenvalue weighted by Gasteiger charge is -2.35. The van der Waals surface area contributed by atoms with Crippen LogP contribution in [0.3, 0.4) is 0 Å². The minimum absolute atomic E-state index is 0.0471. The Kier molecular flexibility index (Phi) is 7.28. The summed E-state index contributed by atoms with van der Waals surface area (Å²) in [5.74, 6) is 0.607. The Balaban J connectivity index is 2.31. The number of rotatable bonds is 9. The molecular formula is C23H31NO3. The highest BCUT2D eigenvalue weighted by atomic mass is 16.5. The van der Waals surface area contributed by atoms with Gasteiger partial charge in [0.15, 0.2) is 0 Å². The molecule has 0 fully saturated rings. The Bertz CT molecular complexity index is 706. The van der Waals surface area contributed by atoms with E-state index in [2.05, 4.69) is 5.32 Å². The van der Waals surface area contributed by atoms with Crippen LogP contribution >= 0.6 is 0 Å². The number of nitrogens with one attached hydrogen (secondary N) is 1. The summed E-state index contributed by atoms with van der Waals surface area (Å²) in [4.78, 5) is 13.0. The number of hydrogen-bond acceptors (Lipinski definition) is 4. The quantitative estimate of drug-likeness (QED) is 0.584. The summed E-state index contributed by atoms with van der Waals surface area (Å²) >= 11 is 0. The first-order chi connectivity index (χ1) is 12.9. The van der Waals surface area contributed by atoms with Crippen LogP contribution in [-0.2, 0) is 9.53 Å². The SMILES string of the molecule is CCC(CC)OC(=O)C(C)(C)[C@H](Nc1ccc(OC)cc1)c1ccccc1. The summed E-state index contributed by atoms with van der Waals surface area (Å²) in [6.07, 6.45) is 1.59. The van der Waals surface area contributed by atoms with Gasteiger partial charge in [0, 0.05) is 5.69 Å². The Morgan fingerprint density at radius 3 is 2.11 bits per heavy atom. The molecule has 146 valence electrons. The van der Waals surface area contributed by atoms with E-state index in [0.29, 0.717) is 0 Å². The molecule has 4 nitrogen and oxygen atoms in total. The molecule has 1 N–H and O–H groups in total. The summed E-state index contributed by atoms with van der Waals surface area (Å²) in [6.45, 7) is 7.95.